The first kappa shape index (κ1) is 34.5. The third-order valence-electron chi connectivity index (χ3n) is 7.94. The maximum Gasteiger partial charge on any atom is 0.326 e. The molecule has 0 radical (unpaired) electrons. The van der Waals surface area contributed by atoms with Gasteiger partial charge in [-0.25, -0.2) is 18.0 Å². The number of halogens is 3. The van der Waals surface area contributed by atoms with Crippen molar-refractivity contribution < 1.29 is 42.6 Å². The topological polar surface area (TPSA) is 153 Å². The largest absolute Gasteiger partial charge is 0.480 e. The number of amides is 2. The molecule has 0 bridgehead atoms. The smallest absolute Gasteiger partial charge is 0.326 e. The molecule has 0 saturated carbocycles. The highest BCUT2D eigenvalue weighted by atomic mass is 19.2. The third-order valence-corrected chi connectivity index (χ3v) is 7.94. The lowest BCUT2D eigenvalue weighted by Crippen LogP contribution is -2.54. The first-order valence-corrected chi connectivity index (χ1v) is 14.5. The molecule has 1 saturated heterocycles. The van der Waals surface area contributed by atoms with Gasteiger partial charge < -0.3 is 25.7 Å². The van der Waals surface area contributed by atoms with Gasteiger partial charge in [-0.3, -0.25) is 19.7 Å². The minimum Gasteiger partial charge on any atom is -0.480 e. The van der Waals surface area contributed by atoms with Crippen LogP contribution < -0.4 is 11.1 Å². The molecule has 0 spiro atoms. The maximum absolute atomic E-state index is 14.0. The zero-order chi connectivity index (χ0) is 32.6. The summed E-state index contributed by atoms with van der Waals surface area (Å²) in [5.41, 5.74) is 6.76. The first-order valence-electron chi connectivity index (χ1n) is 14.5. The minimum absolute atomic E-state index is 0.0639. The van der Waals surface area contributed by atoms with E-state index >= 15 is 0 Å². The number of nitrogens with zero attached hydrogens (tertiary/aromatic N) is 2. The third kappa shape index (κ3) is 9.02. The predicted octanol–water partition coefficient (Wildman–Crippen LogP) is 2.72. The zero-order valence-corrected chi connectivity index (χ0v) is 24.7. The van der Waals surface area contributed by atoms with Gasteiger partial charge in [-0.1, -0.05) is 43.7 Å². The van der Waals surface area contributed by atoms with E-state index in [4.69, 9.17) is 5.73 Å². The number of aliphatic carboxylic acids is 2. The summed E-state index contributed by atoms with van der Waals surface area (Å²) in [7, 11) is 1.44. The van der Waals surface area contributed by atoms with Gasteiger partial charge in [-0.15, -0.1) is 0 Å². The van der Waals surface area contributed by atoms with Crippen molar-refractivity contribution in [2.24, 2.45) is 5.73 Å². The molecule has 1 heterocycles. The van der Waals surface area contributed by atoms with Crippen molar-refractivity contribution in [2.45, 2.75) is 82.1 Å². The van der Waals surface area contributed by atoms with Gasteiger partial charge in [0.15, 0.2) is 11.6 Å². The summed E-state index contributed by atoms with van der Waals surface area (Å²) in [6.45, 7) is 1.72. The summed E-state index contributed by atoms with van der Waals surface area (Å²) in [6, 6.07) is 5.50. The van der Waals surface area contributed by atoms with Gasteiger partial charge in [-0.2, -0.15) is 0 Å². The number of benzene rings is 2. The average Bonchev–Trinajstić information content (AvgIpc) is 3.43. The van der Waals surface area contributed by atoms with Crippen molar-refractivity contribution in [3.8, 4) is 0 Å². The predicted molar refractivity (Wildman–Crippen MR) is 155 cm³/mol. The van der Waals surface area contributed by atoms with Crippen LogP contribution in [0.15, 0.2) is 42.5 Å². The van der Waals surface area contributed by atoms with E-state index < -0.39 is 71.4 Å². The Morgan fingerprint density at radius 2 is 1.68 bits per heavy atom. The number of nitrogens with two attached hydrogens (primary N) is 1. The van der Waals surface area contributed by atoms with Gasteiger partial charge in [-0.05, 0) is 42.9 Å². The molecule has 0 unspecified atom stereocenters. The van der Waals surface area contributed by atoms with Crippen molar-refractivity contribution in [2.75, 3.05) is 13.6 Å². The summed E-state index contributed by atoms with van der Waals surface area (Å²) >= 11 is 0. The zero-order valence-electron chi connectivity index (χ0n) is 24.7. The van der Waals surface area contributed by atoms with Crippen LogP contribution in [0, 0.1) is 17.5 Å². The Bertz CT molecular complexity index is 1330. The van der Waals surface area contributed by atoms with Gasteiger partial charge in [0.1, 0.15) is 17.9 Å². The molecule has 44 heavy (non-hydrogen) atoms. The van der Waals surface area contributed by atoms with Gasteiger partial charge in [0.25, 0.3) is 0 Å². The normalized spacial score (nSPS) is 18.5. The van der Waals surface area contributed by atoms with Gasteiger partial charge in [0.2, 0.25) is 11.8 Å². The quantitative estimate of drug-likeness (QED) is 0.222. The molecule has 2 aromatic carbocycles. The van der Waals surface area contributed by atoms with Crippen LogP contribution in [0.25, 0.3) is 0 Å². The molecule has 0 aromatic heterocycles. The van der Waals surface area contributed by atoms with Gasteiger partial charge in [0.05, 0.1) is 12.1 Å². The van der Waals surface area contributed by atoms with E-state index in [1.165, 1.54) is 11.9 Å². The maximum atomic E-state index is 14.0. The fraction of sp³-hybridized carbons (Fsp3) is 0.484. The van der Waals surface area contributed by atoms with Crippen LogP contribution in [-0.2, 0) is 32.0 Å². The molecular formula is C31H39F3N4O6. The monoisotopic (exact) mass is 620 g/mol. The molecule has 10 nitrogen and oxygen atoms in total. The summed E-state index contributed by atoms with van der Waals surface area (Å²) in [4.78, 5) is 53.4. The van der Waals surface area contributed by atoms with E-state index in [-0.39, 0.29) is 44.2 Å². The van der Waals surface area contributed by atoms with E-state index in [0.29, 0.717) is 25.0 Å². The number of hydrogen-bond acceptors (Lipinski definition) is 6. The van der Waals surface area contributed by atoms with E-state index in [0.717, 1.165) is 10.5 Å². The molecule has 240 valence electrons. The summed E-state index contributed by atoms with van der Waals surface area (Å²) in [5.74, 6) is -7.04. The van der Waals surface area contributed by atoms with Crippen molar-refractivity contribution in [1.82, 2.24) is 15.1 Å². The fourth-order valence-corrected chi connectivity index (χ4v) is 5.46. The lowest BCUT2D eigenvalue weighted by Gasteiger charge is -2.30. The number of hydrogen-bond donors (Lipinski definition) is 4. The van der Waals surface area contributed by atoms with Crippen LogP contribution in [0.4, 0.5) is 13.2 Å². The summed E-state index contributed by atoms with van der Waals surface area (Å²) in [6.07, 6.45) is 0.867. The molecule has 0 aliphatic carbocycles. The number of carboxylic acid groups (broad SMARTS) is 2. The Kier molecular flexibility index (Phi) is 12.3. The van der Waals surface area contributed by atoms with E-state index in [2.05, 4.69) is 5.32 Å². The lowest BCUT2D eigenvalue weighted by atomic mass is 10.0. The molecule has 1 aliphatic heterocycles. The van der Waals surface area contributed by atoms with Crippen LogP contribution in [0.5, 0.6) is 0 Å². The second-order valence-corrected chi connectivity index (χ2v) is 11.2. The fourth-order valence-electron chi connectivity index (χ4n) is 5.46. The van der Waals surface area contributed by atoms with Crippen molar-refractivity contribution in [3.05, 3.63) is 71.0 Å². The minimum atomic E-state index is -1.34. The number of aryl methyl sites for hydroxylation is 1. The summed E-state index contributed by atoms with van der Waals surface area (Å²) in [5, 5.41) is 22.7. The lowest BCUT2D eigenvalue weighted by molar-refractivity contribution is -0.149. The molecule has 13 heteroatoms. The van der Waals surface area contributed by atoms with Crippen molar-refractivity contribution in [3.63, 3.8) is 0 Å². The molecule has 1 aliphatic rings. The highest BCUT2D eigenvalue weighted by Crippen LogP contribution is 2.25. The molecule has 3 rings (SSSR count). The molecule has 5 atom stereocenters. The second-order valence-electron chi connectivity index (χ2n) is 11.2. The molecule has 5 N–H and O–H groups in total. The number of carbonyl (C=O) groups excluding carboxylic acids is 2. The van der Waals surface area contributed by atoms with Crippen molar-refractivity contribution >= 4 is 23.8 Å². The number of rotatable bonds is 15. The number of nitrogens with one attached hydrogen (secondary N) is 1. The summed E-state index contributed by atoms with van der Waals surface area (Å²) < 4.78 is 40.9. The number of likely N-dealkylation sites (N-methyl/N-ethyl adjacent to an activating group) is 1. The van der Waals surface area contributed by atoms with Crippen LogP contribution in [0.2, 0.25) is 0 Å². The molecule has 2 amide bonds. The number of carboxylic acids is 2. The van der Waals surface area contributed by atoms with E-state index in [9.17, 15) is 42.6 Å². The first-order chi connectivity index (χ1) is 20.8. The molecule has 2 aromatic rings. The van der Waals surface area contributed by atoms with Crippen LogP contribution >= 0.6 is 0 Å². The highest BCUT2D eigenvalue weighted by Gasteiger charge is 2.44. The highest BCUT2D eigenvalue weighted by molar-refractivity contribution is 5.88. The Morgan fingerprint density at radius 1 is 1.02 bits per heavy atom. The Balaban J connectivity index is 1.67. The number of likely N-dealkylation sites (tertiary alicyclic amines) is 1. The molecular weight excluding hydrogens is 581 g/mol. The SMILES string of the molecule is CCC[C@H](N[C@@H](CCc1ccccc1)C(=O)O)C(=O)N1C[C@@H](N(C)C(=O)C[C@H](N)Cc2cc(F)c(F)cc2F)C[C@H]1C(=O)O. The van der Waals surface area contributed by atoms with Crippen LogP contribution in [0.3, 0.4) is 0 Å². The van der Waals surface area contributed by atoms with Crippen LogP contribution in [0.1, 0.15) is 50.2 Å². The Morgan fingerprint density at radius 3 is 2.30 bits per heavy atom. The van der Waals surface area contributed by atoms with Gasteiger partial charge in [0, 0.05) is 38.5 Å². The van der Waals surface area contributed by atoms with Crippen LogP contribution in [-0.4, -0.2) is 87.6 Å². The number of carbonyl (C=O) groups is 4. The van der Waals surface area contributed by atoms with Gasteiger partial charge >= 0.3 is 11.9 Å². The Hall–Kier alpha value is -3.97. The molecule has 1 fully saturated rings. The standard InChI is InChI=1S/C31H39F3N4O6/c1-3-7-25(36-26(30(41)42)11-10-18-8-5-4-6-9-18)29(40)38-17-21(15-27(38)31(43)44)37(2)28(39)14-20(35)12-19-13-23(33)24(34)16-22(19)32/h4-6,8-9,13,16,20-21,25-27,36H,3,7,10-12,14-15,17,35H2,1-2H3,(H,41,42)(H,43,44)/t20-,21+,25+,26+,27+/m1/s1. The van der Waals surface area contributed by atoms with Crippen molar-refractivity contribution in [1.29, 1.82) is 0 Å². The Labute approximate surface area is 254 Å². The van der Waals surface area contributed by atoms with E-state index in [1.54, 1.807) is 0 Å². The second kappa shape index (κ2) is 15.7. The van der Waals surface area contributed by atoms with E-state index in [1.807, 2.05) is 37.3 Å². The average molecular weight is 621 g/mol.